The standard InChI is InChI=1S/C36H47F3N6O9/c1-22(19-44-21-28(42-43-44)35(50,31(48)53-9)36(37,38)39)40-30(47)34(5,6)45(20-24-15-16-25(51-7)18-27(24)52-8)29(46)26(17-23-13-11-10-12-14-23)41-32(49)54-33(2,3)4/h10-16,18,21-22,26,50H,17,19-20H2,1-9H3,(H,40,47)(H,41,49)/t22-,26+,35?/m1/s1. The molecule has 2 aromatic carbocycles. The van der Waals surface area contributed by atoms with Crippen molar-refractivity contribution < 1.29 is 56.4 Å². The lowest BCUT2D eigenvalue weighted by atomic mass is 9.96. The molecule has 0 radical (unpaired) electrons. The van der Waals surface area contributed by atoms with Crippen molar-refractivity contribution in [3.63, 3.8) is 0 Å². The maximum atomic E-state index is 14.7. The van der Waals surface area contributed by atoms with Crippen LogP contribution in [0.1, 0.15) is 58.4 Å². The molecule has 1 aromatic heterocycles. The van der Waals surface area contributed by atoms with Crippen molar-refractivity contribution in [2.24, 2.45) is 0 Å². The molecule has 0 fully saturated rings. The van der Waals surface area contributed by atoms with Crippen molar-refractivity contribution >= 4 is 23.9 Å². The number of nitrogens with zero attached hydrogens (tertiary/aromatic N) is 4. The summed E-state index contributed by atoms with van der Waals surface area (Å²) in [7, 11) is 3.59. The third-order valence-corrected chi connectivity index (χ3v) is 8.23. The number of alkyl halides is 3. The molecule has 54 heavy (non-hydrogen) atoms. The van der Waals surface area contributed by atoms with Gasteiger partial charge in [-0.1, -0.05) is 35.5 Å². The Labute approximate surface area is 311 Å². The fourth-order valence-corrected chi connectivity index (χ4v) is 5.31. The van der Waals surface area contributed by atoms with Crippen LogP contribution in [0.3, 0.4) is 0 Å². The number of halogens is 3. The summed E-state index contributed by atoms with van der Waals surface area (Å²) in [6, 6.07) is 11.8. The number of carbonyl (C=O) groups is 4. The van der Waals surface area contributed by atoms with Crippen molar-refractivity contribution in [2.45, 2.75) is 96.1 Å². The van der Waals surface area contributed by atoms with Gasteiger partial charge in [0.15, 0.2) is 0 Å². The molecular weight excluding hydrogens is 717 g/mol. The van der Waals surface area contributed by atoms with Gasteiger partial charge < -0.3 is 39.6 Å². The Kier molecular flexibility index (Phi) is 13.7. The highest BCUT2D eigenvalue weighted by atomic mass is 19.4. The van der Waals surface area contributed by atoms with Gasteiger partial charge in [-0.15, -0.1) is 5.10 Å². The number of aliphatic hydroxyl groups is 1. The molecule has 3 N–H and O–H groups in total. The topological polar surface area (TPSA) is 183 Å². The van der Waals surface area contributed by atoms with Gasteiger partial charge in [-0.25, -0.2) is 9.59 Å². The van der Waals surface area contributed by atoms with Crippen molar-refractivity contribution in [3.05, 3.63) is 71.5 Å². The van der Waals surface area contributed by atoms with Crippen molar-refractivity contribution in [3.8, 4) is 11.5 Å². The number of carbonyl (C=O) groups excluding carboxylic acids is 4. The Bertz CT molecular complexity index is 1780. The summed E-state index contributed by atoms with van der Waals surface area (Å²) in [5.74, 6) is -2.51. The zero-order valence-electron chi connectivity index (χ0n) is 31.6. The van der Waals surface area contributed by atoms with E-state index >= 15 is 0 Å². The first-order chi connectivity index (χ1) is 25.1. The summed E-state index contributed by atoms with van der Waals surface area (Å²) < 4.78 is 62.7. The number of rotatable bonds is 15. The summed E-state index contributed by atoms with van der Waals surface area (Å²) in [5, 5.41) is 22.6. The summed E-state index contributed by atoms with van der Waals surface area (Å²) in [6.45, 7) is 9.08. The molecule has 0 spiro atoms. The van der Waals surface area contributed by atoms with Gasteiger partial charge in [0.2, 0.25) is 11.8 Å². The van der Waals surface area contributed by atoms with Crippen LogP contribution in [-0.4, -0.2) is 99.6 Å². The minimum atomic E-state index is -5.48. The van der Waals surface area contributed by atoms with E-state index in [-0.39, 0.29) is 19.5 Å². The van der Waals surface area contributed by atoms with Crippen LogP contribution in [0.2, 0.25) is 0 Å². The van der Waals surface area contributed by atoms with Gasteiger partial charge in [0.25, 0.3) is 0 Å². The Hall–Kier alpha value is -5.39. The summed E-state index contributed by atoms with van der Waals surface area (Å²) in [4.78, 5) is 55.1. The Morgan fingerprint density at radius 3 is 2.15 bits per heavy atom. The predicted molar refractivity (Wildman–Crippen MR) is 187 cm³/mol. The second kappa shape index (κ2) is 17.2. The van der Waals surface area contributed by atoms with Crippen LogP contribution in [0, 0.1) is 0 Å². The lowest BCUT2D eigenvalue weighted by Gasteiger charge is -2.40. The molecule has 3 aromatic rings. The smallest absolute Gasteiger partial charge is 0.434 e. The SMILES string of the molecule is COC(=O)C(O)(c1cn(C[C@@H](C)NC(=O)C(C)(C)N(Cc2ccc(OC)cc2OC)C(=O)[C@H](Cc2ccccc2)NC(=O)OC(C)(C)C)nn1)C(F)(F)F. The van der Waals surface area contributed by atoms with Crippen molar-refractivity contribution in [1.82, 2.24) is 30.5 Å². The number of hydrogen-bond acceptors (Lipinski definition) is 11. The van der Waals surface area contributed by atoms with Gasteiger partial charge in [-0.2, -0.15) is 13.2 Å². The minimum Gasteiger partial charge on any atom is -0.497 e. The van der Waals surface area contributed by atoms with Crippen molar-refractivity contribution in [1.29, 1.82) is 0 Å². The number of aromatic nitrogens is 3. The molecule has 0 aliphatic carbocycles. The normalized spacial score (nSPS) is 14.2. The highest BCUT2D eigenvalue weighted by Crippen LogP contribution is 2.39. The molecule has 0 aliphatic heterocycles. The summed E-state index contributed by atoms with van der Waals surface area (Å²) in [6.07, 6.45) is -5.59. The molecule has 296 valence electrons. The van der Waals surface area contributed by atoms with Gasteiger partial charge >= 0.3 is 23.8 Å². The monoisotopic (exact) mass is 764 g/mol. The largest absolute Gasteiger partial charge is 0.497 e. The molecule has 1 unspecified atom stereocenters. The highest BCUT2D eigenvalue weighted by Gasteiger charge is 2.64. The number of methoxy groups -OCH3 is 3. The van der Waals surface area contributed by atoms with E-state index in [1.165, 1.54) is 39.9 Å². The summed E-state index contributed by atoms with van der Waals surface area (Å²) in [5.41, 5.74) is -6.55. The van der Waals surface area contributed by atoms with Crippen LogP contribution >= 0.6 is 0 Å². The van der Waals surface area contributed by atoms with Crippen molar-refractivity contribution in [2.75, 3.05) is 21.3 Å². The fraction of sp³-hybridized carbons (Fsp3) is 0.500. The molecule has 18 heteroatoms. The lowest BCUT2D eigenvalue weighted by Crippen LogP contribution is -2.62. The van der Waals surface area contributed by atoms with Crippen LogP contribution in [0.5, 0.6) is 11.5 Å². The third kappa shape index (κ3) is 10.4. The second-order valence-electron chi connectivity index (χ2n) is 13.9. The van der Waals surface area contributed by atoms with E-state index in [1.54, 1.807) is 69.3 Å². The average molecular weight is 765 g/mol. The van der Waals surface area contributed by atoms with E-state index in [2.05, 4.69) is 25.7 Å². The number of alkyl carbamates (subject to hydrolysis) is 1. The molecule has 0 saturated heterocycles. The van der Waals surface area contributed by atoms with E-state index in [4.69, 9.17) is 14.2 Å². The number of amides is 3. The number of ether oxygens (including phenoxy) is 4. The van der Waals surface area contributed by atoms with Gasteiger partial charge in [0, 0.05) is 24.1 Å². The molecule has 1 heterocycles. The average Bonchev–Trinajstić information content (AvgIpc) is 3.56. The number of nitrogens with one attached hydrogen (secondary N) is 2. The quantitative estimate of drug-likeness (QED) is 0.192. The van der Waals surface area contributed by atoms with Gasteiger partial charge in [0.05, 0.1) is 40.6 Å². The molecule has 0 aliphatic rings. The van der Waals surface area contributed by atoms with E-state index in [9.17, 15) is 37.5 Å². The molecular formula is C36H47F3N6O9. The van der Waals surface area contributed by atoms with Crippen LogP contribution in [0.15, 0.2) is 54.7 Å². The van der Waals surface area contributed by atoms with Crippen LogP contribution in [0.4, 0.5) is 18.0 Å². The molecule has 3 atom stereocenters. The van der Waals surface area contributed by atoms with E-state index in [0.29, 0.717) is 35.9 Å². The first-order valence-electron chi connectivity index (χ1n) is 16.7. The Balaban J connectivity index is 1.99. The lowest BCUT2D eigenvalue weighted by molar-refractivity contribution is -0.268. The third-order valence-electron chi connectivity index (χ3n) is 8.23. The first-order valence-corrected chi connectivity index (χ1v) is 16.7. The zero-order valence-corrected chi connectivity index (χ0v) is 31.6. The fourth-order valence-electron chi connectivity index (χ4n) is 5.31. The van der Waals surface area contributed by atoms with Gasteiger partial charge in [-0.3, -0.25) is 14.3 Å². The van der Waals surface area contributed by atoms with E-state index in [0.717, 1.165) is 4.68 Å². The van der Waals surface area contributed by atoms with Crippen LogP contribution in [-0.2, 0) is 49.0 Å². The molecule has 3 amide bonds. The molecule has 0 saturated carbocycles. The van der Waals surface area contributed by atoms with Crippen LogP contribution in [0.25, 0.3) is 0 Å². The maximum absolute atomic E-state index is 14.7. The second-order valence-corrected chi connectivity index (χ2v) is 13.9. The predicted octanol–water partition coefficient (Wildman–Crippen LogP) is 3.67. The van der Waals surface area contributed by atoms with E-state index in [1.807, 2.05) is 0 Å². The number of hydrogen-bond donors (Lipinski definition) is 3. The first kappa shape index (κ1) is 43.0. The van der Waals surface area contributed by atoms with Crippen LogP contribution < -0.4 is 20.1 Å². The molecule has 3 rings (SSSR count). The Morgan fingerprint density at radius 1 is 0.944 bits per heavy atom. The van der Waals surface area contributed by atoms with Gasteiger partial charge in [-0.05, 0) is 59.2 Å². The summed E-state index contributed by atoms with van der Waals surface area (Å²) >= 11 is 0. The van der Waals surface area contributed by atoms with E-state index < -0.39 is 64.6 Å². The number of benzene rings is 2. The van der Waals surface area contributed by atoms with Gasteiger partial charge in [0.1, 0.15) is 34.4 Å². The maximum Gasteiger partial charge on any atom is 0.434 e. The highest BCUT2D eigenvalue weighted by molar-refractivity contribution is 5.94. The minimum absolute atomic E-state index is 0.0355. The molecule has 0 bridgehead atoms. The number of esters is 1. The Morgan fingerprint density at radius 2 is 1.59 bits per heavy atom. The zero-order chi connectivity index (χ0) is 40.6. The molecule has 15 nitrogen and oxygen atoms in total.